The number of nitrogens with zero attached hydrogens (tertiary/aromatic N) is 2. The molecule has 2 aromatic rings. The largest absolute Gasteiger partial charge is 0.448 e. The van der Waals surface area contributed by atoms with Gasteiger partial charge in [0.2, 0.25) is 5.91 Å². The van der Waals surface area contributed by atoms with Gasteiger partial charge in [0.25, 0.3) is 0 Å². The van der Waals surface area contributed by atoms with Crippen LogP contribution in [0.25, 0.3) is 10.9 Å². The van der Waals surface area contributed by atoms with Crippen LogP contribution in [0.3, 0.4) is 0 Å². The van der Waals surface area contributed by atoms with E-state index in [1.807, 2.05) is 30.3 Å². The fourth-order valence-electron chi connectivity index (χ4n) is 2.48. The Morgan fingerprint density at radius 1 is 1.32 bits per heavy atom. The van der Waals surface area contributed by atoms with Crippen LogP contribution in [0.5, 0.6) is 0 Å². The van der Waals surface area contributed by atoms with Gasteiger partial charge in [0.05, 0.1) is 17.7 Å². The molecule has 1 N–H and O–H groups in total. The number of pyridine rings is 1. The van der Waals surface area contributed by atoms with E-state index < -0.39 is 0 Å². The van der Waals surface area contributed by atoms with Gasteiger partial charge in [-0.25, -0.2) is 4.79 Å². The van der Waals surface area contributed by atoms with E-state index in [-0.39, 0.29) is 12.0 Å². The second-order valence-corrected chi connectivity index (χ2v) is 5.13. The summed E-state index contributed by atoms with van der Waals surface area (Å²) in [6.45, 7) is 1.58. The van der Waals surface area contributed by atoms with Crippen LogP contribution in [0, 0.1) is 0 Å². The molecule has 1 saturated heterocycles. The molecule has 2 amide bonds. The van der Waals surface area contributed by atoms with E-state index in [9.17, 15) is 9.59 Å². The molecule has 0 spiro atoms. The van der Waals surface area contributed by atoms with Gasteiger partial charge < -0.3 is 15.0 Å². The number of hydrogen-bond acceptors (Lipinski definition) is 4. The second-order valence-electron chi connectivity index (χ2n) is 5.13. The summed E-state index contributed by atoms with van der Waals surface area (Å²) in [6, 6.07) is 9.50. The lowest BCUT2D eigenvalue weighted by Gasteiger charge is -2.12. The zero-order valence-corrected chi connectivity index (χ0v) is 12.1. The highest BCUT2D eigenvalue weighted by Gasteiger charge is 2.21. The summed E-state index contributed by atoms with van der Waals surface area (Å²) in [4.78, 5) is 29.2. The van der Waals surface area contributed by atoms with Crippen molar-refractivity contribution < 1.29 is 14.3 Å². The lowest BCUT2D eigenvalue weighted by atomic mass is 10.2. The quantitative estimate of drug-likeness (QED) is 0.920. The number of nitrogens with one attached hydrogen (secondary N) is 1. The lowest BCUT2D eigenvalue weighted by molar-refractivity contribution is -0.116. The Morgan fingerprint density at radius 2 is 2.18 bits per heavy atom. The molecule has 6 heteroatoms. The number of cyclic esters (lactones) is 1. The molecule has 22 heavy (non-hydrogen) atoms. The van der Waals surface area contributed by atoms with Gasteiger partial charge in [-0.3, -0.25) is 9.78 Å². The molecule has 0 radical (unpaired) electrons. The van der Waals surface area contributed by atoms with Crippen molar-refractivity contribution >= 4 is 28.6 Å². The first-order chi connectivity index (χ1) is 10.7. The Hall–Kier alpha value is -2.63. The molecule has 1 fully saturated rings. The number of benzene rings is 1. The molecule has 6 nitrogen and oxygen atoms in total. The summed E-state index contributed by atoms with van der Waals surface area (Å²) >= 11 is 0. The van der Waals surface area contributed by atoms with Gasteiger partial charge in [0, 0.05) is 24.5 Å². The molecule has 1 aromatic carbocycles. The van der Waals surface area contributed by atoms with Gasteiger partial charge in [-0.1, -0.05) is 18.2 Å². The standard InChI is InChI=1S/C16H17N3O3/c20-14(7-3-9-19-10-11-22-16(19)21)18-13-6-1-4-12-5-2-8-17-15(12)13/h1-2,4-6,8H,3,7,9-11H2,(H,18,20). The van der Waals surface area contributed by atoms with E-state index in [1.54, 1.807) is 11.1 Å². The predicted molar refractivity (Wildman–Crippen MR) is 82.5 cm³/mol. The first-order valence-corrected chi connectivity index (χ1v) is 7.29. The van der Waals surface area contributed by atoms with Gasteiger partial charge in [0.1, 0.15) is 6.61 Å². The molecular weight excluding hydrogens is 282 g/mol. The normalized spacial score (nSPS) is 14.2. The number of amides is 2. The number of para-hydroxylation sites is 1. The predicted octanol–water partition coefficient (Wildman–Crippen LogP) is 2.41. The minimum absolute atomic E-state index is 0.0780. The fraction of sp³-hybridized carbons (Fsp3) is 0.312. The summed E-state index contributed by atoms with van der Waals surface area (Å²) in [6.07, 6.45) is 2.38. The number of carbonyl (C=O) groups excluding carboxylic acids is 2. The Kier molecular flexibility index (Phi) is 4.18. The van der Waals surface area contributed by atoms with E-state index in [0.29, 0.717) is 38.2 Å². The zero-order valence-electron chi connectivity index (χ0n) is 12.1. The summed E-state index contributed by atoms with van der Waals surface area (Å²) in [5.41, 5.74) is 1.49. The SMILES string of the molecule is O=C(CCCN1CCOC1=O)Nc1cccc2cccnc12. The van der Waals surface area contributed by atoms with Crippen LogP contribution in [0.15, 0.2) is 36.5 Å². The highest BCUT2D eigenvalue weighted by Crippen LogP contribution is 2.20. The van der Waals surface area contributed by atoms with Crippen LogP contribution in [-0.2, 0) is 9.53 Å². The van der Waals surface area contributed by atoms with Crippen molar-refractivity contribution in [3.63, 3.8) is 0 Å². The maximum absolute atomic E-state index is 12.0. The summed E-state index contributed by atoms with van der Waals surface area (Å²) in [5.74, 6) is -0.0780. The molecule has 1 aliphatic rings. The number of rotatable bonds is 5. The Labute approximate surface area is 128 Å². The molecule has 1 aromatic heterocycles. The molecule has 0 bridgehead atoms. The number of anilines is 1. The van der Waals surface area contributed by atoms with E-state index in [1.165, 1.54) is 0 Å². The van der Waals surface area contributed by atoms with Crippen molar-refractivity contribution in [2.24, 2.45) is 0 Å². The van der Waals surface area contributed by atoms with Crippen molar-refractivity contribution in [3.05, 3.63) is 36.5 Å². The molecule has 1 aliphatic heterocycles. The van der Waals surface area contributed by atoms with Crippen LogP contribution in [0.1, 0.15) is 12.8 Å². The number of ether oxygens (including phenoxy) is 1. The first-order valence-electron chi connectivity index (χ1n) is 7.29. The highest BCUT2D eigenvalue weighted by atomic mass is 16.6. The van der Waals surface area contributed by atoms with E-state index >= 15 is 0 Å². The third kappa shape index (κ3) is 3.16. The van der Waals surface area contributed by atoms with Crippen LogP contribution in [0.4, 0.5) is 10.5 Å². The third-order valence-corrected chi connectivity index (χ3v) is 3.58. The van der Waals surface area contributed by atoms with Crippen molar-refractivity contribution in [3.8, 4) is 0 Å². The van der Waals surface area contributed by atoms with Gasteiger partial charge in [-0.05, 0) is 18.6 Å². The number of hydrogen-bond donors (Lipinski definition) is 1. The minimum atomic E-state index is -0.293. The Morgan fingerprint density at radius 3 is 3.00 bits per heavy atom. The maximum atomic E-state index is 12.0. The monoisotopic (exact) mass is 299 g/mol. The smallest absolute Gasteiger partial charge is 0.409 e. The second kappa shape index (κ2) is 6.43. The highest BCUT2D eigenvalue weighted by molar-refractivity contribution is 6.00. The average molecular weight is 299 g/mol. The summed E-state index contributed by atoms with van der Waals surface area (Å²) < 4.78 is 4.85. The van der Waals surface area contributed by atoms with Crippen molar-refractivity contribution in [1.29, 1.82) is 0 Å². The topological polar surface area (TPSA) is 71.5 Å². The Balaban J connectivity index is 1.56. The van der Waals surface area contributed by atoms with E-state index in [4.69, 9.17) is 4.74 Å². The molecular formula is C16H17N3O3. The molecule has 0 atom stereocenters. The maximum Gasteiger partial charge on any atom is 0.409 e. The molecule has 0 unspecified atom stereocenters. The summed E-state index contributed by atoms with van der Waals surface area (Å²) in [7, 11) is 0. The summed E-state index contributed by atoms with van der Waals surface area (Å²) in [5, 5.41) is 3.87. The molecule has 0 aliphatic carbocycles. The first kappa shape index (κ1) is 14.3. The third-order valence-electron chi connectivity index (χ3n) is 3.58. The molecule has 3 rings (SSSR count). The van der Waals surface area contributed by atoms with E-state index in [2.05, 4.69) is 10.3 Å². The van der Waals surface area contributed by atoms with Crippen LogP contribution in [0.2, 0.25) is 0 Å². The van der Waals surface area contributed by atoms with Crippen LogP contribution < -0.4 is 5.32 Å². The van der Waals surface area contributed by atoms with Gasteiger partial charge in [0.15, 0.2) is 0 Å². The van der Waals surface area contributed by atoms with E-state index in [0.717, 1.165) is 10.9 Å². The van der Waals surface area contributed by atoms with Crippen molar-refractivity contribution in [1.82, 2.24) is 9.88 Å². The molecule has 0 saturated carbocycles. The van der Waals surface area contributed by atoms with Gasteiger partial charge >= 0.3 is 6.09 Å². The van der Waals surface area contributed by atoms with Crippen LogP contribution in [-0.4, -0.2) is 41.6 Å². The van der Waals surface area contributed by atoms with Crippen LogP contribution >= 0.6 is 0 Å². The Bertz CT molecular complexity index is 697. The number of fused-ring (bicyclic) bond motifs is 1. The zero-order chi connectivity index (χ0) is 15.4. The number of carbonyl (C=O) groups is 2. The number of aromatic nitrogens is 1. The molecule has 114 valence electrons. The van der Waals surface area contributed by atoms with Crippen molar-refractivity contribution in [2.45, 2.75) is 12.8 Å². The van der Waals surface area contributed by atoms with Crippen molar-refractivity contribution in [2.75, 3.05) is 25.0 Å². The fourth-order valence-corrected chi connectivity index (χ4v) is 2.48. The van der Waals surface area contributed by atoms with Gasteiger partial charge in [-0.2, -0.15) is 0 Å². The van der Waals surface area contributed by atoms with Gasteiger partial charge in [-0.15, -0.1) is 0 Å². The average Bonchev–Trinajstić information content (AvgIpc) is 2.93. The molecule has 2 heterocycles. The minimum Gasteiger partial charge on any atom is -0.448 e. The lowest BCUT2D eigenvalue weighted by Crippen LogP contribution is -2.26.